The number of rotatable bonds is 3. The topological polar surface area (TPSA) is 78.8 Å². The number of para-hydroxylation sites is 1. The second kappa shape index (κ2) is 5.66. The van der Waals surface area contributed by atoms with Crippen molar-refractivity contribution in [2.24, 2.45) is 5.10 Å². The summed E-state index contributed by atoms with van der Waals surface area (Å²) in [6, 6.07) is 15.3. The molecule has 0 amide bonds. The van der Waals surface area contributed by atoms with Crippen LogP contribution < -0.4 is 5.43 Å². The number of nitrogens with one attached hydrogen (secondary N) is 2. The molecular formula is C16H11ClN6. The Balaban J connectivity index is 1.61. The Bertz CT molecular complexity index is 1020. The van der Waals surface area contributed by atoms with Crippen LogP contribution in [0.1, 0.15) is 5.56 Å². The molecule has 0 aliphatic rings. The molecule has 2 heterocycles. The third-order valence-corrected chi connectivity index (χ3v) is 3.58. The van der Waals surface area contributed by atoms with Crippen LogP contribution in [0.25, 0.3) is 22.1 Å². The van der Waals surface area contributed by atoms with Crippen LogP contribution in [-0.4, -0.2) is 26.4 Å². The van der Waals surface area contributed by atoms with Crippen molar-refractivity contribution < 1.29 is 0 Å². The van der Waals surface area contributed by atoms with E-state index < -0.39 is 0 Å². The average Bonchev–Trinajstić information content (AvgIpc) is 2.92. The molecule has 0 atom stereocenters. The first-order chi connectivity index (χ1) is 11.3. The fourth-order valence-corrected chi connectivity index (χ4v) is 2.52. The van der Waals surface area contributed by atoms with E-state index in [1.807, 2.05) is 48.5 Å². The highest BCUT2D eigenvalue weighted by molar-refractivity contribution is 6.30. The van der Waals surface area contributed by atoms with Crippen LogP contribution in [0.15, 0.2) is 53.6 Å². The minimum Gasteiger partial charge on any atom is -0.338 e. The van der Waals surface area contributed by atoms with Gasteiger partial charge in [-0.1, -0.05) is 41.9 Å². The fraction of sp³-hybridized carbons (Fsp3) is 0. The van der Waals surface area contributed by atoms with Gasteiger partial charge in [-0.2, -0.15) is 10.1 Å². The van der Waals surface area contributed by atoms with Crippen LogP contribution in [0.4, 0.5) is 5.95 Å². The van der Waals surface area contributed by atoms with Gasteiger partial charge < -0.3 is 4.98 Å². The summed E-state index contributed by atoms with van der Waals surface area (Å²) >= 11 is 5.92. The molecule has 0 fully saturated rings. The number of halogens is 1. The van der Waals surface area contributed by atoms with Crippen molar-refractivity contribution in [1.29, 1.82) is 0 Å². The number of hydrogen-bond donors (Lipinski definition) is 2. The van der Waals surface area contributed by atoms with Gasteiger partial charge in [0.2, 0.25) is 0 Å². The molecule has 4 aromatic rings. The summed E-state index contributed by atoms with van der Waals surface area (Å²) in [7, 11) is 0. The van der Waals surface area contributed by atoms with Gasteiger partial charge in [-0.15, -0.1) is 10.2 Å². The van der Waals surface area contributed by atoms with Gasteiger partial charge in [0.1, 0.15) is 5.52 Å². The number of anilines is 1. The number of benzene rings is 2. The van der Waals surface area contributed by atoms with Gasteiger partial charge in [-0.3, -0.25) is 0 Å². The number of H-pyrrole nitrogens is 1. The first-order valence-electron chi connectivity index (χ1n) is 6.95. The fourth-order valence-electron chi connectivity index (χ4n) is 2.32. The average molecular weight is 323 g/mol. The maximum absolute atomic E-state index is 5.92. The summed E-state index contributed by atoms with van der Waals surface area (Å²) in [4.78, 5) is 7.59. The molecule has 0 bridgehead atoms. The van der Waals surface area contributed by atoms with Crippen molar-refractivity contribution in [2.75, 3.05) is 5.43 Å². The summed E-state index contributed by atoms with van der Waals surface area (Å²) in [6.07, 6.45) is 1.64. The molecule has 0 spiro atoms. The van der Waals surface area contributed by atoms with Gasteiger partial charge >= 0.3 is 0 Å². The van der Waals surface area contributed by atoms with Crippen molar-refractivity contribution in [3.05, 3.63) is 59.1 Å². The number of aromatic nitrogens is 4. The monoisotopic (exact) mass is 322 g/mol. The second-order valence-corrected chi connectivity index (χ2v) is 5.36. The van der Waals surface area contributed by atoms with E-state index in [1.54, 1.807) is 6.21 Å². The van der Waals surface area contributed by atoms with Crippen LogP contribution in [-0.2, 0) is 0 Å². The van der Waals surface area contributed by atoms with E-state index >= 15 is 0 Å². The lowest BCUT2D eigenvalue weighted by Gasteiger charge is -1.97. The van der Waals surface area contributed by atoms with E-state index in [1.165, 1.54) is 0 Å². The zero-order valence-electron chi connectivity index (χ0n) is 11.9. The van der Waals surface area contributed by atoms with Crippen LogP contribution in [0.3, 0.4) is 0 Å². The first kappa shape index (κ1) is 13.7. The van der Waals surface area contributed by atoms with Gasteiger partial charge in [0, 0.05) is 15.9 Å². The molecule has 4 rings (SSSR count). The summed E-state index contributed by atoms with van der Waals surface area (Å²) in [5, 5.41) is 14.0. The highest BCUT2D eigenvalue weighted by Crippen LogP contribution is 2.21. The van der Waals surface area contributed by atoms with E-state index in [9.17, 15) is 0 Å². The van der Waals surface area contributed by atoms with E-state index in [0.717, 1.165) is 22.0 Å². The largest absolute Gasteiger partial charge is 0.338 e. The van der Waals surface area contributed by atoms with Crippen molar-refractivity contribution in [1.82, 2.24) is 20.2 Å². The molecule has 0 saturated carbocycles. The Morgan fingerprint density at radius 1 is 1.09 bits per heavy atom. The summed E-state index contributed by atoms with van der Waals surface area (Å²) in [6.45, 7) is 0. The third kappa shape index (κ3) is 2.72. The van der Waals surface area contributed by atoms with Gasteiger partial charge in [-0.25, -0.2) is 5.43 Å². The van der Waals surface area contributed by atoms with Crippen LogP contribution in [0, 0.1) is 0 Å². The quantitative estimate of drug-likeness (QED) is 0.446. The van der Waals surface area contributed by atoms with Gasteiger partial charge in [0.15, 0.2) is 5.65 Å². The Morgan fingerprint density at radius 2 is 2.00 bits per heavy atom. The molecule has 112 valence electrons. The number of hydrazone groups is 1. The predicted octanol–water partition coefficient (Wildman–Crippen LogP) is 3.61. The number of aromatic amines is 1. The van der Waals surface area contributed by atoms with Gasteiger partial charge in [-0.05, 0) is 23.8 Å². The van der Waals surface area contributed by atoms with Crippen molar-refractivity contribution in [3.63, 3.8) is 0 Å². The zero-order valence-corrected chi connectivity index (χ0v) is 12.6. The third-order valence-electron chi connectivity index (χ3n) is 3.35. The standard InChI is InChI=1S/C16H11ClN6/c17-11-5-3-4-10(8-11)9-18-22-16-20-15-14(21-23-16)12-6-1-2-7-13(12)19-15/h1-9H,(H2,19,20,22,23)/b18-9+. The molecule has 0 radical (unpaired) electrons. The molecule has 7 heteroatoms. The SMILES string of the molecule is Clc1cccc(/C=N/Nc2nnc3c(n2)[nH]c2ccccc23)c1. The number of fused-ring (bicyclic) bond motifs is 3. The molecule has 6 nitrogen and oxygen atoms in total. The molecule has 2 N–H and O–H groups in total. The molecule has 0 aliphatic carbocycles. The second-order valence-electron chi connectivity index (χ2n) is 4.93. The lowest BCUT2D eigenvalue weighted by Crippen LogP contribution is -1.98. The van der Waals surface area contributed by atoms with Crippen molar-refractivity contribution in [3.8, 4) is 0 Å². The van der Waals surface area contributed by atoms with E-state index in [-0.39, 0.29) is 0 Å². The zero-order chi connectivity index (χ0) is 15.6. The molecular weight excluding hydrogens is 312 g/mol. The highest BCUT2D eigenvalue weighted by Gasteiger charge is 2.07. The molecule has 0 saturated heterocycles. The predicted molar refractivity (Wildman–Crippen MR) is 91.9 cm³/mol. The van der Waals surface area contributed by atoms with Crippen LogP contribution in [0.5, 0.6) is 0 Å². The van der Waals surface area contributed by atoms with Crippen LogP contribution in [0.2, 0.25) is 5.02 Å². The first-order valence-corrected chi connectivity index (χ1v) is 7.33. The molecule has 0 unspecified atom stereocenters. The normalized spacial score (nSPS) is 11.5. The van der Waals surface area contributed by atoms with Crippen LogP contribution >= 0.6 is 11.6 Å². The molecule has 23 heavy (non-hydrogen) atoms. The van der Waals surface area contributed by atoms with Gasteiger partial charge in [0.05, 0.1) is 6.21 Å². The Morgan fingerprint density at radius 3 is 2.91 bits per heavy atom. The van der Waals surface area contributed by atoms with E-state index in [2.05, 4.69) is 30.7 Å². The Labute approximate surface area is 136 Å². The van der Waals surface area contributed by atoms with Crippen molar-refractivity contribution in [2.45, 2.75) is 0 Å². The van der Waals surface area contributed by atoms with Crippen molar-refractivity contribution >= 4 is 45.8 Å². The summed E-state index contributed by atoms with van der Waals surface area (Å²) in [5.41, 5.74) is 6.03. The Hall–Kier alpha value is -2.99. The van der Waals surface area contributed by atoms with Gasteiger partial charge in [0.25, 0.3) is 5.95 Å². The Kier molecular flexibility index (Phi) is 3.36. The highest BCUT2D eigenvalue weighted by atomic mass is 35.5. The number of nitrogens with zero attached hydrogens (tertiary/aromatic N) is 4. The van der Waals surface area contributed by atoms with E-state index in [4.69, 9.17) is 11.6 Å². The molecule has 2 aromatic carbocycles. The minimum atomic E-state index is 0.322. The summed E-state index contributed by atoms with van der Waals surface area (Å²) in [5.74, 6) is 0.322. The smallest absolute Gasteiger partial charge is 0.265 e. The lowest BCUT2D eigenvalue weighted by atomic mass is 10.2. The number of hydrogen-bond acceptors (Lipinski definition) is 5. The minimum absolute atomic E-state index is 0.322. The lowest BCUT2D eigenvalue weighted by molar-refractivity contribution is 1.01. The maximum Gasteiger partial charge on any atom is 0.265 e. The molecule has 2 aromatic heterocycles. The van der Waals surface area contributed by atoms with E-state index in [0.29, 0.717) is 16.6 Å². The molecule has 0 aliphatic heterocycles. The summed E-state index contributed by atoms with van der Waals surface area (Å²) < 4.78 is 0. The maximum atomic E-state index is 5.92.